The molecule has 3 rings (SSSR count). The average Bonchev–Trinajstić information content (AvgIpc) is 2.58. The quantitative estimate of drug-likeness (QED) is 0.871. The highest BCUT2D eigenvalue weighted by atomic mass is 35.5. The van der Waals surface area contributed by atoms with Crippen LogP contribution < -0.4 is 9.64 Å². The monoisotopic (exact) mass is 314 g/mol. The van der Waals surface area contributed by atoms with Gasteiger partial charge in [-0.15, -0.1) is 10.2 Å². The Balaban J connectivity index is 1.58. The maximum atomic E-state index is 8.74. The van der Waals surface area contributed by atoms with Crippen molar-refractivity contribution in [2.45, 2.75) is 18.9 Å². The Kier molecular flexibility index (Phi) is 4.40. The summed E-state index contributed by atoms with van der Waals surface area (Å²) in [5.74, 6) is 1.54. The molecule has 6 heteroatoms. The molecule has 1 aliphatic heterocycles. The molecule has 1 aromatic carbocycles. The minimum absolute atomic E-state index is 0.155. The first kappa shape index (κ1) is 14.6. The lowest BCUT2D eigenvalue weighted by atomic mass is 10.1. The highest BCUT2D eigenvalue weighted by Gasteiger charge is 2.22. The predicted molar refractivity (Wildman–Crippen MR) is 84.1 cm³/mol. The van der Waals surface area contributed by atoms with Crippen LogP contribution in [0.4, 0.5) is 5.82 Å². The summed E-state index contributed by atoms with van der Waals surface area (Å²) in [6, 6.07) is 13.0. The van der Waals surface area contributed by atoms with Crippen LogP contribution in [0.3, 0.4) is 0 Å². The zero-order valence-electron chi connectivity index (χ0n) is 11.9. The number of para-hydroxylation sites is 1. The van der Waals surface area contributed by atoms with E-state index in [0.717, 1.165) is 37.5 Å². The maximum absolute atomic E-state index is 8.74. The highest BCUT2D eigenvalue weighted by Crippen LogP contribution is 2.27. The summed E-state index contributed by atoms with van der Waals surface area (Å²) >= 11 is 6.12. The fourth-order valence-corrected chi connectivity index (χ4v) is 2.66. The van der Waals surface area contributed by atoms with Crippen LogP contribution in [-0.4, -0.2) is 29.4 Å². The Morgan fingerprint density at radius 3 is 2.55 bits per heavy atom. The van der Waals surface area contributed by atoms with E-state index in [1.54, 1.807) is 6.07 Å². The molecule has 22 heavy (non-hydrogen) atoms. The van der Waals surface area contributed by atoms with Gasteiger partial charge in [-0.2, -0.15) is 5.26 Å². The van der Waals surface area contributed by atoms with Crippen LogP contribution in [0.25, 0.3) is 0 Å². The maximum Gasteiger partial charge on any atom is 0.163 e. The fourth-order valence-electron chi connectivity index (χ4n) is 2.48. The van der Waals surface area contributed by atoms with Crippen LogP contribution in [0.1, 0.15) is 18.5 Å². The van der Waals surface area contributed by atoms with Crippen molar-refractivity contribution in [3.05, 3.63) is 47.1 Å². The van der Waals surface area contributed by atoms with Gasteiger partial charge in [0.25, 0.3) is 0 Å². The predicted octanol–water partition coefficient (Wildman–Crippen LogP) is 3.05. The molecule has 0 amide bonds. The van der Waals surface area contributed by atoms with Crippen LogP contribution >= 0.6 is 11.6 Å². The molecule has 5 nitrogen and oxygen atoms in total. The first-order chi connectivity index (χ1) is 10.8. The molecule has 1 aromatic heterocycles. The number of aromatic nitrogens is 2. The summed E-state index contributed by atoms with van der Waals surface area (Å²) in [6.45, 7) is 1.69. The summed E-state index contributed by atoms with van der Waals surface area (Å²) in [7, 11) is 0. The Bertz CT molecular complexity index is 675. The number of nitrogens with zero attached hydrogens (tertiary/aromatic N) is 4. The highest BCUT2D eigenvalue weighted by molar-refractivity contribution is 6.32. The Morgan fingerprint density at radius 2 is 1.91 bits per heavy atom. The number of ether oxygens (including phenoxy) is 1. The van der Waals surface area contributed by atoms with E-state index < -0.39 is 0 Å². The molecule has 0 spiro atoms. The molecule has 0 bridgehead atoms. The Labute approximate surface area is 134 Å². The van der Waals surface area contributed by atoms with Gasteiger partial charge in [0.2, 0.25) is 0 Å². The van der Waals surface area contributed by atoms with Crippen molar-refractivity contribution in [3.63, 3.8) is 0 Å². The SMILES string of the molecule is N#Cc1ccc(N2CCC(Oc3ccccc3Cl)CC2)nn1. The molecule has 0 atom stereocenters. The molecule has 1 fully saturated rings. The summed E-state index contributed by atoms with van der Waals surface area (Å²) < 4.78 is 5.97. The zero-order valence-corrected chi connectivity index (χ0v) is 12.7. The second kappa shape index (κ2) is 6.63. The lowest BCUT2D eigenvalue weighted by Crippen LogP contribution is -2.38. The molecule has 0 N–H and O–H groups in total. The van der Waals surface area contributed by atoms with Crippen LogP contribution in [-0.2, 0) is 0 Å². The van der Waals surface area contributed by atoms with E-state index in [-0.39, 0.29) is 6.10 Å². The zero-order chi connectivity index (χ0) is 15.4. The Morgan fingerprint density at radius 1 is 1.14 bits per heavy atom. The van der Waals surface area contributed by atoms with Crippen molar-refractivity contribution < 1.29 is 4.74 Å². The molecular weight excluding hydrogens is 300 g/mol. The summed E-state index contributed by atoms with van der Waals surface area (Å²) in [5, 5.41) is 17.3. The standard InChI is InChI=1S/C16H15ClN4O/c17-14-3-1-2-4-15(14)22-13-7-9-21(10-8-13)16-6-5-12(11-18)19-20-16/h1-6,13H,7-10H2. The number of hydrogen-bond donors (Lipinski definition) is 0. The third-order valence-electron chi connectivity index (χ3n) is 3.66. The molecule has 1 saturated heterocycles. The number of nitriles is 1. The molecule has 2 heterocycles. The van der Waals surface area contributed by atoms with E-state index >= 15 is 0 Å². The van der Waals surface area contributed by atoms with Gasteiger partial charge in [0, 0.05) is 25.9 Å². The second-order valence-electron chi connectivity index (χ2n) is 5.12. The molecule has 0 radical (unpaired) electrons. The summed E-state index contributed by atoms with van der Waals surface area (Å²) in [5.41, 5.74) is 0.334. The molecule has 0 aliphatic carbocycles. The minimum Gasteiger partial charge on any atom is -0.489 e. The van der Waals surface area contributed by atoms with Crippen LogP contribution in [0.15, 0.2) is 36.4 Å². The van der Waals surface area contributed by atoms with Crippen molar-refractivity contribution in [2.75, 3.05) is 18.0 Å². The normalized spacial score (nSPS) is 15.4. The third kappa shape index (κ3) is 3.29. The van der Waals surface area contributed by atoms with Gasteiger partial charge in [0.1, 0.15) is 17.9 Å². The number of anilines is 1. The van der Waals surface area contributed by atoms with E-state index in [2.05, 4.69) is 15.1 Å². The van der Waals surface area contributed by atoms with E-state index in [9.17, 15) is 0 Å². The fraction of sp³-hybridized carbons (Fsp3) is 0.312. The van der Waals surface area contributed by atoms with E-state index in [0.29, 0.717) is 10.7 Å². The van der Waals surface area contributed by atoms with E-state index in [1.165, 1.54) is 0 Å². The minimum atomic E-state index is 0.155. The molecule has 2 aromatic rings. The average molecular weight is 315 g/mol. The molecule has 0 saturated carbocycles. The molecule has 0 unspecified atom stereocenters. The largest absolute Gasteiger partial charge is 0.489 e. The first-order valence-corrected chi connectivity index (χ1v) is 7.54. The van der Waals surface area contributed by atoms with E-state index in [1.807, 2.05) is 36.4 Å². The summed E-state index contributed by atoms with van der Waals surface area (Å²) in [4.78, 5) is 2.15. The van der Waals surface area contributed by atoms with Gasteiger partial charge in [-0.1, -0.05) is 23.7 Å². The molecule has 112 valence electrons. The lowest BCUT2D eigenvalue weighted by molar-refractivity contribution is 0.171. The second-order valence-corrected chi connectivity index (χ2v) is 5.53. The molecular formula is C16H15ClN4O. The van der Waals surface area contributed by atoms with Crippen LogP contribution in [0.5, 0.6) is 5.75 Å². The van der Waals surface area contributed by atoms with Gasteiger partial charge in [-0.25, -0.2) is 0 Å². The van der Waals surface area contributed by atoms with Gasteiger partial charge in [0.05, 0.1) is 5.02 Å². The van der Waals surface area contributed by atoms with Gasteiger partial charge in [0.15, 0.2) is 11.5 Å². The van der Waals surface area contributed by atoms with Crippen molar-refractivity contribution in [1.82, 2.24) is 10.2 Å². The van der Waals surface area contributed by atoms with Crippen LogP contribution in [0, 0.1) is 11.3 Å². The van der Waals surface area contributed by atoms with Crippen LogP contribution in [0.2, 0.25) is 5.02 Å². The topological polar surface area (TPSA) is 62.0 Å². The number of benzene rings is 1. The summed E-state index contributed by atoms with van der Waals surface area (Å²) in [6.07, 6.45) is 1.95. The Hall–Kier alpha value is -2.32. The van der Waals surface area contributed by atoms with Gasteiger partial charge >= 0.3 is 0 Å². The van der Waals surface area contributed by atoms with Crippen molar-refractivity contribution in [2.24, 2.45) is 0 Å². The van der Waals surface area contributed by atoms with E-state index in [4.69, 9.17) is 21.6 Å². The van der Waals surface area contributed by atoms with Crippen molar-refractivity contribution in [3.8, 4) is 11.8 Å². The lowest BCUT2D eigenvalue weighted by Gasteiger charge is -2.32. The van der Waals surface area contributed by atoms with Crippen molar-refractivity contribution in [1.29, 1.82) is 5.26 Å². The number of piperidine rings is 1. The molecule has 1 aliphatic rings. The number of rotatable bonds is 3. The van der Waals surface area contributed by atoms with Gasteiger partial charge in [-0.3, -0.25) is 0 Å². The van der Waals surface area contributed by atoms with Gasteiger partial charge in [-0.05, 0) is 24.3 Å². The number of hydrogen-bond acceptors (Lipinski definition) is 5. The van der Waals surface area contributed by atoms with Crippen molar-refractivity contribution >= 4 is 17.4 Å². The number of halogens is 1. The first-order valence-electron chi connectivity index (χ1n) is 7.16. The van der Waals surface area contributed by atoms with Gasteiger partial charge < -0.3 is 9.64 Å². The third-order valence-corrected chi connectivity index (χ3v) is 3.97. The smallest absolute Gasteiger partial charge is 0.163 e.